The average molecular weight is 363 g/mol. The van der Waals surface area contributed by atoms with E-state index in [2.05, 4.69) is 10.2 Å². The summed E-state index contributed by atoms with van der Waals surface area (Å²) in [6, 6.07) is 5.63. The summed E-state index contributed by atoms with van der Waals surface area (Å²) in [5.41, 5.74) is 0.906. The van der Waals surface area contributed by atoms with E-state index in [0.717, 1.165) is 31.7 Å². The van der Waals surface area contributed by atoms with Crippen LogP contribution in [-0.2, 0) is 0 Å². The molecule has 132 valence electrons. The highest BCUT2D eigenvalue weighted by Crippen LogP contribution is 2.43. The first kappa shape index (κ1) is 20.4. The molecule has 3 N–H and O–H groups in total. The Balaban J connectivity index is 0.00000132. The SMILES string of the molecule is Cl.Cl.Oc1cccc([C@H](C2CCCCC2)N2CCNCC2)c1O. The van der Waals surface area contributed by atoms with Crippen molar-refractivity contribution in [3.63, 3.8) is 0 Å². The molecule has 0 radical (unpaired) electrons. The quantitative estimate of drug-likeness (QED) is 0.720. The summed E-state index contributed by atoms with van der Waals surface area (Å²) in [4.78, 5) is 2.49. The third-order valence-electron chi connectivity index (χ3n) is 5.01. The Morgan fingerprint density at radius 2 is 1.65 bits per heavy atom. The first-order valence-electron chi connectivity index (χ1n) is 8.23. The van der Waals surface area contributed by atoms with Gasteiger partial charge in [0.25, 0.3) is 0 Å². The second kappa shape index (κ2) is 9.58. The van der Waals surface area contributed by atoms with Gasteiger partial charge in [-0.2, -0.15) is 0 Å². The molecule has 1 aliphatic heterocycles. The van der Waals surface area contributed by atoms with Gasteiger partial charge in [-0.25, -0.2) is 0 Å². The van der Waals surface area contributed by atoms with Gasteiger partial charge in [0, 0.05) is 37.8 Å². The van der Waals surface area contributed by atoms with Gasteiger partial charge in [0.15, 0.2) is 11.5 Å². The van der Waals surface area contributed by atoms with Crippen LogP contribution in [0.2, 0.25) is 0 Å². The molecule has 1 heterocycles. The average Bonchev–Trinajstić information content (AvgIpc) is 2.54. The molecule has 6 heteroatoms. The van der Waals surface area contributed by atoms with Crippen LogP contribution in [0, 0.1) is 5.92 Å². The maximum atomic E-state index is 10.3. The smallest absolute Gasteiger partial charge is 0.162 e. The molecule has 0 spiro atoms. The predicted octanol–water partition coefficient (Wildman–Crippen LogP) is 3.47. The molecule has 0 aromatic heterocycles. The second-order valence-electron chi connectivity index (χ2n) is 6.34. The molecule has 1 saturated heterocycles. The molecule has 3 rings (SSSR count). The maximum absolute atomic E-state index is 10.3. The first-order chi connectivity index (χ1) is 10.3. The summed E-state index contributed by atoms with van der Waals surface area (Å²) < 4.78 is 0. The summed E-state index contributed by atoms with van der Waals surface area (Å²) in [5, 5.41) is 23.6. The summed E-state index contributed by atoms with van der Waals surface area (Å²) in [5.74, 6) is 0.666. The van der Waals surface area contributed by atoms with Gasteiger partial charge in [0.05, 0.1) is 0 Å². The molecule has 0 bridgehead atoms. The third-order valence-corrected chi connectivity index (χ3v) is 5.01. The molecule has 1 aliphatic carbocycles. The molecule has 23 heavy (non-hydrogen) atoms. The normalized spacial score (nSPS) is 21.0. The lowest BCUT2D eigenvalue weighted by atomic mass is 9.80. The van der Waals surface area contributed by atoms with Gasteiger partial charge in [0.2, 0.25) is 0 Å². The van der Waals surface area contributed by atoms with Crippen LogP contribution < -0.4 is 5.32 Å². The van der Waals surface area contributed by atoms with Crippen LogP contribution in [0.4, 0.5) is 0 Å². The van der Waals surface area contributed by atoms with Gasteiger partial charge in [0.1, 0.15) is 0 Å². The van der Waals surface area contributed by atoms with Crippen molar-refractivity contribution >= 4 is 24.8 Å². The highest BCUT2D eigenvalue weighted by atomic mass is 35.5. The zero-order valence-electron chi connectivity index (χ0n) is 13.4. The Morgan fingerprint density at radius 1 is 1.00 bits per heavy atom. The van der Waals surface area contributed by atoms with E-state index in [0.29, 0.717) is 5.92 Å². The van der Waals surface area contributed by atoms with Gasteiger partial charge in [-0.05, 0) is 24.8 Å². The number of aromatic hydroxyl groups is 2. The number of hydrogen-bond acceptors (Lipinski definition) is 4. The molecule has 1 saturated carbocycles. The molecule has 0 amide bonds. The predicted molar refractivity (Wildman–Crippen MR) is 98.0 cm³/mol. The summed E-state index contributed by atoms with van der Waals surface area (Å²) in [6.45, 7) is 4.03. The lowest BCUT2D eigenvalue weighted by molar-refractivity contribution is 0.101. The van der Waals surface area contributed by atoms with Crippen molar-refractivity contribution in [2.24, 2.45) is 5.92 Å². The topological polar surface area (TPSA) is 55.7 Å². The van der Waals surface area contributed by atoms with E-state index in [4.69, 9.17) is 0 Å². The third kappa shape index (κ3) is 4.66. The summed E-state index contributed by atoms with van der Waals surface area (Å²) in [6.07, 6.45) is 6.35. The minimum Gasteiger partial charge on any atom is -0.504 e. The van der Waals surface area contributed by atoms with Gasteiger partial charge >= 0.3 is 0 Å². The van der Waals surface area contributed by atoms with E-state index >= 15 is 0 Å². The van der Waals surface area contributed by atoms with E-state index in [-0.39, 0.29) is 42.4 Å². The summed E-state index contributed by atoms with van der Waals surface area (Å²) >= 11 is 0. The van der Waals surface area contributed by atoms with Crippen molar-refractivity contribution in [1.29, 1.82) is 0 Å². The fourth-order valence-corrected chi connectivity index (χ4v) is 3.95. The number of para-hydroxylation sites is 1. The lowest BCUT2D eigenvalue weighted by Crippen LogP contribution is -2.47. The van der Waals surface area contributed by atoms with Crippen LogP contribution >= 0.6 is 24.8 Å². The Kier molecular flexibility index (Phi) is 8.48. The van der Waals surface area contributed by atoms with Crippen molar-refractivity contribution in [2.45, 2.75) is 38.1 Å². The van der Waals surface area contributed by atoms with Gasteiger partial charge in [-0.1, -0.05) is 31.4 Å². The molecule has 4 nitrogen and oxygen atoms in total. The van der Waals surface area contributed by atoms with Gasteiger partial charge in [-0.3, -0.25) is 4.90 Å². The Morgan fingerprint density at radius 3 is 2.30 bits per heavy atom. The second-order valence-corrected chi connectivity index (χ2v) is 6.34. The van der Waals surface area contributed by atoms with Crippen molar-refractivity contribution in [1.82, 2.24) is 10.2 Å². The molecule has 1 aromatic rings. The number of benzene rings is 1. The zero-order valence-corrected chi connectivity index (χ0v) is 15.0. The fourth-order valence-electron chi connectivity index (χ4n) is 3.95. The summed E-state index contributed by atoms with van der Waals surface area (Å²) in [7, 11) is 0. The van der Waals surface area contributed by atoms with Crippen molar-refractivity contribution in [3.8, 4) is 11.5 Å². The highest BCUT2D eigenvalue weighted by Gasteiger charge is 2.32. The molecule has 0 unspecified atom stereocenters. The molecule has 1 atom stereocenters. The number of piperazine rings is 1. The number of phenols is 2. The number of rotatable bonds is 3. The lowest BCUT2D eigenvalue weighted by Gasteiger charge is -2.41. The van der Waals surface area contributed by atoms with E-state index in [1.54, 1.807) is 6.07 Å². The van der Waals surface area contributed by atoms with Crippen molar-refractivity contribution in [3.05, 3.63) is 23.8 Å². The Bertz CT molecular complexity index is 458. The largest absolute Gasteiger partial charge is 0.504 e. The maximum Gasteiger partial charge on any atom is 0.162 e. The van der Waals surface area contributed by atoms with Crippen molar-refractivity contribution < 1.29 is 10.2 Å². The highest BCUT2D eigenvalue weighted by molar-refractivity contribution is 5.85. The van der Waals surface area contributed by atoms with Crippen LogP contribution in [0.15, 0.2) is 18.2 Å². The monoisotopic (exact) mass is 362 g/mol. The first-order valence-corrected chi connectivity index (χ1v) is 8.23. The zero-order chi connectivity index (χ0) is 14.7. The molecule has 2 fully saturated rings. The number of hydrogen-bond donors (Lipinski definition) is 3. The van der Waals surface area contributed by atoms with Crippen molar-refractivity contribution in [2.75, 3.05) is 26.2 Å². The van der Waals surface area contributed by atoms with Crippen LogP contribution in [0.25, 0.3) is 0 Å². The Hall–Kier alpha value is -0.680. The fraction of sp³-hybridized carbons (Fsp3) is 0.647. The number of nitrogens with zero attached hydrogens (tertiary/aromatic N) is 1. The standard InChI is InChI=1S/C17H26N2O2.2ClH/c20-15-8-4-7-14(17(15)21)16(13-5-2-1-3-6-13)19-11-9-18-10-12-19;;/h4,7-8,13,16,18,20-21H,1-3,5-6,9-12H2;2*1H/t16-;;/m0../s1. The number of phenolic OH excluding ortho intramolecular Hbond substituents is 2. The Labute approximate surface area is 151 Å². The minimum absolute atomic E-state index is 0. The van der Waals surface area contributed by atoms with Crippen LogP contribution in [0.5, 0.6) is 11.5 Å². The molecule has 1 aromatic carbocycles. The molecular formula is C17H28Cl2N2O2. The van der Waals surface area contributed by atoms with Crippen LogP contribution in [-0.4, -0.2) is 41.3 Å². The van der Waals surface area contributed by atoms with E-state index in [9.17, 15) is 10.2 Å². The molecule has 2 aliphatic rings. The van der Waals surface area contributed by atoms with Gasteiger partial charge < -0.3 is 15.5 Å². The van der Waals surface area contributed by atoms with Crippen LogP contribution in [0.1, 0.15) is 43.7 Å². The number of nitrogens with one attached hydrogen (secondary N) is 1. The molecular weight excluding hydrogens is 335 g/mol. The minimum atomic E-state index is 0. The van der Waals surface area contributed by atoms with E-state index in [1.807, 2.05) is 12.1 Å². The van der Waals surface area contributed by atoms with Crippen LogP contribution in [0.3, 0.4) is 0 Å². The number of halogens is 2. The van der Waals surface area contributed by atoms with Gasteiger partial charge in [-0.15, -0.1) is 24.8 Å². The van der Waals surface area contributed by atoms with E-state index < -0.39 is 0 Å². The van der Waals surface area contributed by atoms with E-state index in [1.165, 1.54) is 32.1 Å².